The summed E-state index contributed by atoms with van der Waals surface area (Å²) in [5.74, 6) is 0.860. The molecule has 0 aromatic heterocycles. The summed E-state index contributed by atoms with van der Waals surface area (Å²) in [7, 11) is 0. The van der Waals surface area contributed by atoms with Crippen LogP contribution in [0.1, 0.15) is 11.1 Å². The zero-order valence-electron chi connectivity index (χ0n) is 6.99. The predicted octanol–water partition coefficient (Wildman–Crippen LogP) is 1.83. The average Bonchev–Trinajstić information content (AvgIpc) is 2.56. The molecule has 12 heavy (non-hydrogen) atoms. The molecule has 0 atom stereocenters. The minimum atomic E-state index is 0.725. The van der Waals surface area contributed by atoms with Crippen LogP contribution < -0.4 is 0 Å². The fourth-order valence-corrected chi connectivity index (χ4v) is 1.25. The van der Waals surface area contributed by atoms with E-state index in [-0.39, 0.29) is 0 Å². The number of nitrogens with zero attached hydrogens (tertiary/aromatic N) is 2. The van der Waals surface area contributed by atoms with Crippen molar-refractivity contribution in [1.82, 2.24) is 0 Å². The maximum Gasteiger partial charge on any atom is 0.154 e. The quantitative estimate of drug-likeness (QED) is 0.595. The molecule has 0 saturated carbocycles. The van der Waals surface area contributed by atoms with E-state index in [1.165, 1.54) is 5.56 Å². The number of benzene rings is 1. The number of hydrogen-bond acceptors (Lipinski definition) is 2. The van der Waals surface area contributed by atoms with Gasteiger partial charge in [-0.3, -0.25) is 4.99 Å². The van der Waals surface area contributed by atoms with Crippen molar-refractivity contribution >= 4 is 12.1 Å². The standard InChI is InChI=1S/C10H10N2/c1-8-3-2-4-9(7-8)10-11-5-6-12-10/h2-5,7H,6H2,1H3. The van der Waals surface area contributed by atoms with E-state index in [2.05, 4.69) is 29.0 Å². The van der Waals surface area contributed by atoms with Crippen LogP contribution in [-0.4, -0.2) is 18.6 Å². The topological polar surface area (TPSA) is 24.7 Å². The Hall–Kier alpha value is -1.44. The van der Waals surface area contributed by atoms with Crippen molar-refractivity contribution in [3.8, 4) is 0 Å². The van der Waals surface area contributed by atoms with Gasteiger partial charge in [-0.1, -0.05) is 23.8 Å². The lowest BCUT2D eigenvalue weighted by atomic mass is 10.1. The van der Waals surface area contributed by atoms with Crippen molar-refractivity contribution in [3.63, 3.8) is 0 Å². The highest BCUT2D eigenvalue weighted by Crippen LogP contribution is 2.07. The fraction of sp³-hybridized carbons (Fsp3) is 0.200. The third-order valence-corrected chi connectivity index (χ3v) is 1.81. The Balaban J connectivity index is 2.40. The van der Waals surface area contributed by atoms with Crippen LogP contribution in [0.3, 0.4) is 0 Å². The second kappa shape index (κ2) is 2.89. The molecule has 0 fully saturated rings. The second-order valence-electron chi connectivity index (χ2n) is 2.85. The van der Waals surface area contributed by atoms with Gasteiger partial charge in [-0.2, -0.15) is 0 Å². The van der Waals surface area contributed by atoms with Crippen LogP contribution in [-0.2, 0) is 0 Å². The zero-order valence-corrected chi connectivity index (χ0v) is 6.99. The highest BCUT2D eigenvalue weighted by molar-refractivity contribution is 6.06. The van der Waals surface area contributed by atoms with Crippen LogP contribution in [0.4, 0.5) is 0 Å². The van der Waals surface area contributed by atoms with E-state index in [0.717, 1.165) is 17.9 Å². The molecule has 1 aromatic rings. The van der Waals surface area contributed by atoms with Gasteiger partial charge in [-0.05, 0) is 13.0 Å². The van der Waals surface area contributed by atoms with Gasteiger partial charge in [-0.25, -0.2) is 4.99 Å². The number of hydrogen-bond donors (Lipinski definition) is 0. The van der Waals surface area contributed by atoms with Crippen LogP contribution in [0.5, 0.6) is 0 Å². The normalized spacial score (nSPS) is 14.9. The summed E-state index contributed by atoms with van der Waals surface area (Å²) in [6.45, 7) is 2.80. The highest BCUT2D eigenvalue weighted by atomic mass is 15.0. The van der Waals surface area contributed by atoms with Crippen molar-refractivity contribution in [3.05, 3.63) is 35.4 Å². The molecule has 0 saturated heterocycles. The van der Waals surface area contributed by atoms with Crippen LogP contribution in [0, 0.1) is 6.92 Å². The fourth-order valence-electron chi connectivity index (χ4n) is 1.25. The van der Waals surface area contributed by atoms with Crippen molar-refractivity contribution in [1.29, 1.82) is 0 Å². The Labute approximate surface area is 71.7 Å². The molecule has 0 N–H and O–H groups in total. The summed E-state index contributed by atoms with van der Waals surface area (Å²) >= 11 is 0. The molecule has 1 aromatic carbocycles. The van der Waals surface area contributed by atoms with E-state index in [4.69, 9.17) is 0 Å². The van der Waals surface area contributed by atoms with Gasteiger partial charge < -0.3 is 0 Å². The van der Waals surface area contributed by atoms with Crippen molar-refractivity contribution < 1.29 is 0 Å². The van der Waals surface area contributed by atoms with E-state index in [1.807, 2.05) is 18.3 Å². The number of aliphatic imine (C=N–C) groups is 2. The molecule has 0 spiro atoms. The molecule has 1 aliphatic heterocycles. The third kappa shape index (κ3) is 1.28. The van der Waals surface area contributed by atoms with Crippen LogP contribution >= 0.6 is 0 Å². The van der Waals surface area contributed by atoms with Gasteiger partial charge in [0, 0.05) is 11.8 Å². The Kier molecular flexibility index (Phi) is 1.74. The maximum atomic E-state index is 4.24. The van der Waals surface area contributed by atoms with E-state index < -0.39 is 0 Å². The summed E-state index contributed by atoms with van der Waals surface area (Å²) in [6.07, 6.45) is 1.83. The predicted molar refractivity (Wildman–Crippen MR) is 51.1 cm³/mol. The van der Waals surface area contributed by atoms with Crippen LogP contribution in [0.15, 0.2) is 34.3 Å². The molecular weight excluding hydrogens is 148 g/mol. The van der Waals surface area contributed by atoms with Crippen LogP contribution in [0.25, 0.3) is 0 Å². The van der Waals surface area contributed by atoms with Gasteiger partial charge in [0.1, 0.15) is 0 Å². The maximum absolute atomic E-state index is 4.24. The summed E-state index contributed by atoms with van der Waals surface area (Å²) < 4.78 is 0. The largest absolute Gasteiger partial charge is 0.260 e. The summed E-state index contributed by atoms with van der Waals surface area (Å²) in [5.41, 5.74) is 2.36. The molecule has 1 aliphatic rings. The molecule has 2 heteroatoms. The van der Waals surface area contributed by atoms with Gasteiger partial charge in [0.25, 0.3) is 0 Å². The molecule has 0 bridgehead atoms. The van der Waals surface area contributed by atoms with E-state index in [9.17, 15) is 0 Å². The van der Waals surface area contributed by atoms with Crippen molar-refractivity contribution in [2.75, 3.05) is 6.54 Å². The first-order valence-corrected chi connectivity index (χ1v) is 4.00. The van der Waals surface area contributed by atoms with Crippen molar-refractivity contribution in [2.45, 2.75) is 6.92 Å². The molecule has 1 heterocycles. The molecule has 0 aliphatic carbocycles. The van der Waals surface area contributed by atoms with E-state index in [1.54, 1.807) is 0 Å². The summed E-state index contributed by atoms with van der Waals surface area (Å²) in [5, 5.41) is 0. The Morgan fingerprint density at radius 3 is 2.92 bits per heavy atom. The zero-order chi connectivity index (χ0) is 8.39. The van der Waals surface area contributed by atoms with Gasteiger partial charge in [-0.15, -0.1) is 0 Å². The highest BCUT2D eigenvalue weighted by Gasteiger charge is 2.03. The molecule has 2 nitrogen and oxygen atoms in total. The lowest BCUT2D eigenvalue weighted by molar-refractivity contribution is 1.35. The Bertz CT molecular complexity index is 351. The SMILES string of the molecule is Cc1cccc(C2=NCC=N2)c1. The van der Waals surface area contributed by atoms with Gasteiger partial charge >= 0.3 is 0 Å². The first-order valence-electron chi connectivity index (χ1n) is 4.00. The van der Waals surface area contributed by atoms with E-state index >= 15 is 0 Å². The average molecular weight is 158 g/mol. The molecule has 0 unspecified atom stereocenters. The first kappa shape index (κ1) is 7.22. The Morgan fingerprint density at radius 2 is 2.25 bits per heavy atom. The van der Waals surface area contributed by atoms with Gasteiger partial charge in [0.2, 0.25) is 0 Å². The lowest BCUT2D eigenvalue weighted by Gasteiger charge is -1.97. The number of aryl methyl sites for hydroxylation is 1. The molecule has 2 rings (SSSR count). The van der Waals surface area contributed by atoms with Gasteiger partial charge in [0.05, 0.1) is 6.54 Å². The first-order chi connectivity index (χ1) is 5.86. The third-order valence-electron chi connectivity index (χ3n) is 1.81. The summed E-state index contributed by atoms with van der Waals surface area (Å²) in [6, 6.07) is 8.24. The van der Waals surface area contributed by atoms with E-state index in [0.29, 0.717) is 0 Å². The number of amidine groups is 1. The Morgan fingerprint density at radius 1 is 1.33 bits per heavy atom. The monoisotopic (exact) mass is 158 g/mol. The minimum Gasteiger partial charge on any atom is -0.260 e. The number of rotatable bonds is 1. The molecule has 60 valence electrons. The molecular formula is C10H10N2. The summed E-state index contributed by atoms with van der Waals surface area (Å²) in [4.78, 5) is 8.41. The van der Waals surface area contributed by atoms with Crippen molar-refractivity contribution in [2.24, 2.45) is 9.98 Å². The smallest absolute Gasteiger partial charge is 0.154 e. The lowest BCUT2D eigenvalue weighted by Crippen LogP contribution is -1.93. The molecule has 0 amide bonds. The molecule has 0 radical (unpaired) electrons. The minimum absolute atomic E-state index is 0.725. The second-order valence-corrected chi connectivity index (χ2v) is 2.85. The van der Waals surface area contributed by atoms with Crippen LogP contribution in [0.2, 0.25) is 0 Å². The van der Waals surface area contributed by atoms with Gasteiger partial charge in [0.15, 0.2) is 5.84 Å².